The van der Waals surface area contributed by atoms with Gasteiger partial charge in [-0.2, -0.15) is 4.73 Å². The minimum absolute atomic E-state index is 0.114. The molecule has 0 bridgehead atoms. The number of aromatic nitrogens is 3. The van der Waals surface area contributed by atoms with E-state index in [0.717, 1.165) is 45.3 Å². The monoisotopic (exact) mass is 600 g/mol. The van der Waals surface area contributed by atoms with Crippen molar-refractivity contribution in [3.8, 4) is 0 Å². The van der Waals surface area contributed by atoms with Crippen LogP contribution in [0.4, 0.5) is 0 Å². The van der Waals surface area contributed by atoms with Gasteiger partial charge in [-0.3, -0.25) is 9.69 Å². The predicted molar refractivity (Wildman–Crippen MR) is 150 cm³/mol. The van der Waals surface area contributed by atoms with Gasteiger partial charge in [0.05, 0.1) is 10.8 Å². The number of benzene rings is 1. The van der Waals surface area contributed by atoms with E-state index in [2.05, 4.69) is 31.1 Å². The maximum Gasteiger partial charge on any atom is 0.376 e. The number of carbonyl (C=O) groups excluding carboxylic acids is 1. The van der Waals surface area contributed by atoms with Gasteiger partial charge in [-0.1, -0.05) is 17.7 Å². The minimum Gasteiger partial charge on any atom is -0.618 e. The fourth-order valence-electron chi connectivity index (χ4n) is 5.62. The molecule has 200 valence electrons. The van der Waals surface area contributed by atoms with Gasteiger partial charge in [-0.25, -0.2) is 4.98 Å². The summed E-state index contributed by atoms with van der Waals surface area (Å²) in [5, 5.41) is 27.5. The molecule has 1 aliphatic carbocycles. The molecule has 2 atom stereocenters. The first-order valence-corrected chi connectivity index (χ1v) is 14.1. The van der Waals surface area contributed by atoms with Crippen LogP contribution in [0.15, 0.2) is 53.7 Å². The summed E-state index contributed by atoms with van der Waals surface area (Å²) in [4.78, 5) is 21.8. The Balaban J connectivity index is 1.49. The lowest BCUT2D eigenvalue weighted by Crippen LogP contribution is -2.63. The molecule has 1 saturated heterocycles. The summed E-state index contributed by atoms with van der Waals surface area (Å²) in [5.41, 5.74) is 3.65. The molecule has 9 nitrogen and oxygen atoms in total. The summed E-state index contributed by atoms with van der Waals surface area (Å²) in [5.74, 6) is -0.114. The zero-order valence-electron chi connectivity index (χ0n) is 21.3. The highest BCUT2D eigenvalue weighted by atomic mass is 79.9. The van der Waals surface area contributed by atoms with Crippen LogP contribution in [-0.2, 0) is 24.2 Å². The van der Waals surface area contributed by atoms with Crippen LogP contribution in [0.5, 0.6) is 0 Å². The molecule has 2 aromatic heterocycles. The molecule has 12 heteroatoms. The summed E-state index contributed by atoms with van der Waals surface area (Å²) in [7, 11) is -0.679. The van der Waals surface area contributed by atoms with Crippen molar-refractivity contribution in [2.75, 3.05) is 26.2 Å². The summed E-state index contributed by atoms with van der Waals surface area (Å²) >= 11 is 9.86. The number of halogens is 2. The number of nitrogens with one attached hydrogen (secondary N) is 1. The fourth-order valence-corrected chi connectivity index (χ4v) is 6.27. The topological polar surface area (TPSA) is 101 Å². The van der Waals surface area contributed by atoms with E-state index in [9.17, 15) is 15.0 Å². The Labute approximate surface area is 236 Å². The highest BCUT2D eigenvalue weighted by Crippen LogP contribution is 2.38. The van der Waals surface area contributed by atoms with E-state index in [1.54, 1.807) is 19.3 Å². The van der Waals surface area contributed by atoms with E-state index >= 15 is 0 Å². The van der Waals surface area contributed by atoms with Crippen LogP contribution in [-0.4, -0.2) is 69.5 Å². The Hall–Kier alpha value is -2.44. The smallest absolute Gasteiger partial charge is 0.376 e. The largest absolute Gasteiger partial charge is 0.618 e. The number of rotatable bonds is 7. The lowest BCUT2D eigenvalue weighted by molar-refractivity contribution is -0.617. The van der Waals surface area contributed by atoms with E-state index in [0.29, 0.717) is 43.3 Å². The second-order valence-electron chi connectivity index (χ2n) is 9.97. The van der Waals surface area contributed by atoms with E-state index < -0.39 is 19.1 Å². The average molecular weight is 602 g/mol. The number of pyridine rings is 1. The van der Waals surface area contributed by atoms with Gasteiger partial charge in [0.1, 0.15) is 12.1 Å². The van der Waals surface area contributed by atoms with E-state index in [1.165, 1.54) is 6.20 Å². The number of amides is 1. The number of imidazole rings is 1. The highest BCUT2D eigenvalue weighted by molar-refractivity contribution is 9.10. The number of piperazine rings is 1. The van der Waals surface area contributed by atoms with E-state index in [4.69, 9.17) is 11.6 Å². The zero-order valence-corrected chi connectivity index (χ0v) is 23.6. The van der Waals surface area contributed by atoms with Gasteiger partial charge in [-0.15, -0.1) is 0 Å². The third-order valence-electron chi connectivity index (χ3n) is 7.51. The normalized spacial score (nSPS) is 19.9. The highest BCUT2D eigenvalue weighted by Gasteiger charge is 2.44. The van der Waals surface area contributed by atoms with E-state index in [-0.39, 0.29) is 5.91 Å². The van der Waals surface area contributed by atoms with Crippen LogP contribution in [0.1, 0.15) is 34.8 Å². The number of hydrogen-bond donors (Lipinski definition) is 2. The molecule has 0 unspecified atom stereocenters. The molecular weight excluding hydrogens is 570 g/mol. The number of carbonyl (C=O) groups is 1. The lowest BCUT2D eigenvalue weighted by Gasteiger charge is -2.44. The third kappa shape index (κ3) is 5.77. The molecule has 1 fully saturated rings. The third-order valence-corrected chi connectivity index (χ3v) is 8.18. The molecule has 1 amide bonds. The van der Waals surface area contributed by atoms with Crippen molar-refractivity contribution >= 4 is 40.5 Å². The van der Waals surface area contributed by atoms with Crippen molar-refractivity contribution in [1.29, 1.82) is 0 Å². The molecule has 2 aliphatic rings. The van der Waals surface area contributed by atoms with Gasteiger partial charge in [0.2, 0.25) is 11.6 Å². The molecule has 0 spiro atoms. The summed E-state index contributed by atoms with van der Waals surface area (Å²) in [6, 6.07) is 6.82. The van der Waals surface area contributed by atoms with Crippen molar-refractivity contribution in [3.05, 3.63) is 86.3 Å². The summed E-state index contributed by atoms with van der Waals surface area (Å²) < 4.78 is 3.64. The Morgan fingerprint density at radius 2 is 2.13 bits per heavy atom. The first kappa shape index (κ1) is 27.1. The van der Waals surface area contributed by atoms with Crippen molar-refractivity contribution in [2.24, 2.45) is 0 Å². The van der Waals surface area contributed by atoms with Crippen LogP contribution >= 0.6 is 27.5 Å². The molecule has 0 saturated carbocycles. The zero-order chi connectivity index (χ0) is 26.8. The molecule has 3 heterocycles. The standard InChI is InChI=1S/C26H31BBrClN6O3/c1-27(37)33-11-12-34(23(16-33)26(36)31-7-2-9-32-10-8-30-17-32)25-22-6-5-21(29)14-18(22)3-4-19-13-20(28)15-35(38)24(19)25/h5-6,8,10,13-15,17,23,25,37H,2-4,7,9,11-12,16H2,1H3,(H,31,36)/t23-,25-/m1/s1. The van der Waals surface area contributed by atoms with Crippen LogP contribution in [0.25, 0.3) is 0 Å². The quantitative estimate of drug-likeness (QED) is 0.187. The van der Waals surface area contributed by atoms with Crippen molar-refractivity contribution < 1.29 is 14.5 Å². The maximum atomic E-state index is 13.7. The fraction of sp³-hybridized carbons (Fsp3) is 0.423. The molecule has 1 aromatic carbocycles. The number of hydrogen-bond acceptors (Lipinski definition) is 6. The molecule has 3 aromatic rings. The number of aryl methyl sites for hydroxylation is 3. The number of nitrogens with zero attached hydrogens (tertiary/aromatic N) is 5. The van der Waals surface area contributed by atoms with Crippen LogP contribution in [0, 0.1) is 5.21 Å². The van der Waals surface area contributed by atoms with Gasteiger partial charge in [0.25, 0.3) is 0 Å². The van der Waals surface area contributed by atoms with Crippen LogP contribution in [0.2, 0.25) is 11.8 Å². The van der Waals surface area contributed by atoms with E-state index in [1.807, 2.05) is 39.8 Å². The molecule has 38 heavy (non-hydrogen) atoms. The number of fused-ring (bicyclic) bond motifs is 2. The second kappa shape index (κ2) is 11.8. The molecule has 0 radical (unpaired) electrons. The van der Waals surface area contributed by atoms with Crippen LogP contribution in [0.3, 0.4) is 0 Å². The maximum absolute atomic E-state index is 13.7. The molecule has 1 aliphatic heterocycles. The second-order valence-corrected chi connectivity index (χ2v) is 11.3. The SMILES string of the molecule is CB(O)N1CCN([C@@H]2c3ccc(Cl)cc3CCc3cc(Br)c[n+]([O-])c32)[C@@H](C(=O)NCCCn2ccnc2)C1. The van der Waals surface area contributed by atoms with Gasteiger partial charge >= 0.3 is 7.05 Å². The van der Waals surface area contributed by atoms with Gasteiger partial charge in [-0.05, 0) is 71.3 Å². The van der Waals surface area contributed by atoms with Crippen LogP contribution < -0.4 is 10.0 Å². The summed E-state index contributed by atoms with van der Waals surface area (Å²) in [6.45, 7) is 4.43. The average Bonchev–Trinajstić information content (AvgIpc) is 3.35. The Morgan fingerprint density at radius 3 is 2.89 bits per heavy atom. The molecule has 5 rings (SSSR count). The molecular formula is C26H31BBrClN6O3. The predicted octanol–water partition coefficient (Wildman–Crippen LogP) is 2.42. The van der Waals surface area contributed by atoms with Gasteiger partial charge in [0.15, 0.2) is 6.20 Å². The van der Waals surface area contributed by atoms with Crippen molar-refractivity contribution in [1.82, 2.24) is 24.6 Å². The minimum atomic E-state index is -0.679. The van der Waals surface area contributed by atoms with Gasteiger partial charge < -0.3 is 24.9 Å². The Morgan fingerprint density at radius 1 is 1.32 bits per heavy atom. The first-order chi connectivity index (χ1) is 18.3. The lowest BCUT2D eigenvalue weighted by atomic mass is 9.82. The molecule has 2 N–H and O–H groups in total. The summed E-state index contributed by atoms with van der Waals surface area (Å²) in [6.07, 6.45) is 9.12. The van der Waals surface area contributed by atoms with Crippen molar-refractivity contribution in [2.45, 2.75) is 44.7 Å². The van der Waals surface area contributed by atoms with Crippen molar-refractivity contribution in [3.63, 3.8) is 0 Å². The Kier molecular flexibility index (Phi) is 8.39. The Bertz CT molecular complexity index is 1290. The van der Waals surface area contributed by atoms with Gasteiger partial charge in [0, 0.05) is 55.7 Å². The first-order valence-electron chi connectivity index (χ1n) is 12.9.